The lowest BCUT2D eigenvalue weighted by atomic mass is 10.00. The van der Waals surface area contributed by atoms with Gasteiger partial charge in [-0.3, -0.25) is 5.41 Å². The highest BCUT2D eigenvalue weighted by Crippen LogP contribution is 2.26. The molecule has 0 spiro atoms. The Morgan fingerprint density at radius 2 is 2.39 bits per heavy atom. The van der Waals surface area contributed by atoms with Crippen LogP contribution in [0.15, 0.2) is 18.3 Å². The van der Waals surface area contributed by atoms with Gasteiger partial charge in [0.05, 0.1) is 11.7 Å². The monoisotopic (exact) mass is 248 g/mol. The lowest BCUT2D eigenvalue weighted by Gasteiger charge is -2.38. The molecule has 0 radical (unpaired) electrons. The van der Waals surface area contributed by atoms with Gasteiger partial charge >= 0.3 is 0 Å². The van der Waals surface area contributed by atoms with Crippen LogP contribution in [0.4, 0.5) is 5.82 Å². The van der Waals surface area contributed by atoms with Gasteiger partial charge in [0.25, 0.3) is 0 Å². The number of hydrogen-bond acceptors (Lipinski definition) is 4. The lowest BCUT2D eigenvalue weighted by molar-refractivity contribution is 0.0719. The predicted molar refractivity (Wildman–Crippen MR) is 72.1 cm³/mol. The normalized spacial score (nSPS) is 24.0. The molecular formula is C13H20N4O. The van der Waals surface area contributed by atoms with Crippen LogP contribution < -0.4 is 10.6 Å². The molecule has 0 bridgehead atoms. The van der Waals surface area contributed by atoms with E-state index in [0.717, 1.165) is 25.2 Å². The number of rotatable bonds is 3. The Labute approximate surface area is 107 Å². The van der Waals surface area contributed by atoms with Crippen molar-refractivity contribution in [3.05, 3.63) is 23.9 Å². The molecule has 1 aliphatic rings. The smallest absolute Gasteiger partial charge is 0.139 e. The first-order chi connectivity index (χ1) is 8.63. The fourth-order valence-corrected chi connectivity index (χ4v) is 2.49. The molecule has 5 nitrogen and oxygen atoms in total. The number of hydrogen-bond donors (Lipinski definition) is 2. The summed E-state index contributed by atoms with van der Waals surface area (Å²) in [6, 6.07) is 4.00. The standard InChI is InChI=1S/C13H20N4O/c1-9-8-10(18-2)5-7-17(9)13-11(12(14)15)4-3-6-16-13/h3-4,6,9-10H,5,7-8H2,1-2H3,(H3,14,15). The van der Waals surface area contributed by atoms with Crippen molar-refractivity contribution in [3.63, 3.8) is 0 Å². The Hall–Kier alpha value is -1.62. The van der Waals surface area contributed by atoms with Crippen LogP contribution >= 0.6 is 0 Å². The Kier molecular flexibility index (Phi) is 3.81. The van der Waals surface area contributed by atoms with E-state index in [0.29, 0.717) is 17.7 Å². The Balaban J connectivity index is 2.24. The van der Waals surface area contributed by atoms with Crippen molar-refractivity contribution in [2.24, 2.45) is 5.73 Å². The largest absolute Gasteiger partial charge is 0.384 e. The minimum absolute atomic E-state index is 0.0687. The molecule has 0 aromatic carbocycles. The third-order valence-corrected chi connectivity index (χ3v) is 3.51. The van der Waals surface area contributed by atoms with Gasteiger partial charge in [0.2, 0.25) is 0 Å². The van der Waals surface area contributed by atoms with Crippen LogP contribution in [-0.4, -0.2) is 36.6 Å². The van der Waals surface area contributed by atoms with Gasteiger partial charge in [0, 0.05) is 25.9 Å². The average Bonchev–Trinajstić information content (AvgIpc) is 2.38. The number of nitrogen functional groups attached to an aromatic ring is 1. The van der Waals surface area contributed by atoms with Gasteiger partial charge < -0.3 is 15.4 Å². The van der Waals surface area contributed by atoms with Crippen molar-refractivity contribution in [1.82, 2.24) is 4.98 Å². The number of nitrogens with two attached hydrogens (primary N) is 1. The van der Waals surface area contributed by atoms with Crippen LogP contribution in [0.3, 0.4) is 0 Å². The van der Waals surface area contributed by atoms with Crippen LogP contribution in [0, 0.1) is 5.41 Å². The molecule has 3 N–H and O–H groups in total. The van der Waals surface area contributed by atoms with Gasteiger partial charge in [-0.1, -0.05) is 0 Å². The molecule has 1 saturated heterocycles. The third-order valence-electron chi connectivity index (χ3n) is 3.51. The molecule has 2 unspecified atom stereocenters. The van der Waals surface area contributed by atoms with Crippen molar-refractivity contribution in [3.8, 4) is 0 Å². The first-order valence-corrected chi connectivity index (χ1v) is 6.22. The van der Waals surface area contributed by atoms with E-state index >= 15 is 0 Å². The summed E-state index contributed by atoms with van der Waals surface area (Å²) in [7, 11) is 1.76. The molecule has 5 heteroatoms. The highest BCUT2D eigenvalue weighted by Gasteiger charge is 2.27. The quantitative estimate of drug-likeness (QED) is 0.626. The molecule has 2 rings (SSSR count). The number of pyridine rings is 1. The SMILES string of the molecule is COC1CCN(c2ncccc2C(=N)N)C(C)C1. The molecule has 1 aromatic rings. The molecule has 98 valence electrons. The second kappa shape index (κ2) is 5.35. The molecule has 0 amide bonds. The van der Waals surface area contributed by atoms with E-state index in [2.05, 4.69) is 16.8 Å². The number of aromatic nitrogens is 1. The molecule has 1 fully saturated rings. The van der Waals surface area contributed by atoms with Gasteiger partial charge in [-0.2, -0.15) is 0 Å². The molecule has 1 aromatic heterocycles. The molecule has 2 atom stereocenters. The van der Waals surface area contributed by atoms with Crippen LogP contribution in [0.25, 0.3) is 0 Å². The van der Waals surface area contributed by atoms with E-state index in [1.165, 1.54) is 0 Å². The first-order valence-electron chi connectivity index (χ1n) is 6.22. The maximum atomic E-state index is 7.62. The molecule has 0 aliphatic carbocycles. The van der Waals surface area contributed by atoms with E-state index in [1.54, 1.807) is 13.3 Å². The number of amidine groups is 1. The van der Waals surface area contributed by atoms with Gasteiger partial charge in [-0.05, 0) is 31.9 Å². The van der Waals surface area contributed by atoms with Crippen molar-refractivity contribution >= 4 is 11.7 Å². The number of methoxy groups -OCH3 is 1. The summed E-state index contributed by atoms with van der Waals surface area (Å²) >= 11 is 0. The van der Waals surface area contributed by atoms with Crippen molar-refractivity contribution < 1.29 is 4.74 Å². The second-order valence-corrected chi connectivity index (χ2v) is 4.71. The topological polar surface area (TPSA) is 75.2 Å². The van der Waals surface area contributed by atoms with Gasteiger partial charge in [-0.15, -0.1) is 0 Å². The van der Waals surface area contributed by atoms with Crippen LogP contribution in [-0.2, 0) is 4.74 Å². The zero-order valence-electron chi connectivity index (χ0n) is 10.9. The summed E-state index contributed by atoms with van der Waals surface area (Å²) in [5, 5.41) is 7.62. The van der Waals surface area contributed by atoms with Crippen LogP contribution in [0.1, 0.15) is 25.3 Å². The van der Waals surface area contributed by atoms with Crippen LogP contribution in [0.5, 0.6) is 0 Å². The first kappa shape index (κ1) is 12.8. The van der Waals surface area contributed by atoms with E-state index in [1.807, 2.05) is 12.1 Å². The van der Waals surface area contributed by atoms with Crippen molar-refractivity contribution in [2.75, 3.05) is 18.6 Å². The highest BCUT2D eigenvalue weighted by molar-refractivity contribution is 5.99. The average molecular weight is 248 g/mol. The van der Waals surface area contributed by atoms with Gasteiger partial charge in [-0.25, -0.2) is 4.98 Å². The van der Waals surface area contributed by atoms with Gasteiger partial charge in [0.1, 0.15) is 11.7 Å². The summed E-state index contributed by atoms with van der Waals surface area (Å²) in [6.45, 7) is 3.04. The Morgan fingerprint density at radius 3 is 3.00 bits per heavy atom. The lowest BCUT2D eigenvalue weighted by Crippen LogP contribution is -2.44. The Bertz CT molecular complexity index is 435. The van der Waals surface area contributed by atoms with Crippen LogP contribution in [0.2, 0.25) is 0 Å². The summed E-state index contributed by atoms with van der Waals surface area (Å²) in [5.41, 5.74) is 6.32. The number of nitrogens with one attached hydrogen (secondary N) is 1. The highest BCUT2D eigenvalue weighted by atomic mass is 16.5. The minimum atomic E-state index is 0.0687. The molecule has 18 heavy (non-hydrogen) atoms. The summed E-state index contributed by atoms with van der Waals surface area (Å²) < 4.78 is 5.41. The summed E-state index contributed by atoms with van der Waals surface area (Å²) in [6.07, 6.45) is 4.02. The zero-order chi connectivity index (χ0) is 13.1. The maximum Gasteiger partial charge on any atom is 0.139 e. The summed E-state index contributed by atoms with van der Waals surface area (Å²) in [5.74, 6) is 0.881. The predicted octanol–water partition coefficient (Wildman–Crippen LogP) is 1.37. The second-order valence-electron chi connectivity index (χ2n) is 4.71. The Morgan fingerprint density at radius 1 is 1.61 bits per heavy atom. The third kappa shape index (κ3) is 2.46. The van der Waals surface area contributed by atoms with E-state index in [9.17, 15) is 0 Å². The van der Waals surface area contributed by atoms with Crippen molar-refractivity contribution in [2.45, 2.75) is 31.9 Å². The van der Waals surface area contributed by atoms with Gasteiger partial charge in [0.15, 0.2) is 0 Å². The fourth-order valence-electron chi connectivity index (χ4n) is 2.49. The molecular weight excluding hydrogens is 228 g/mol. The van der Waals surface area contributed by atoms with E-state index < -0.39 is 0 Å². The number of piperidine rings is 1. The fraction of sp³-hybridized carbons (Fsp3) is 0.538. The minimum Gasteiger partial charge on any atom is -0.384 e. The van der Waals surface area contributed by atoms with E-state index in [4.69, 9.17) is 15.9 Å². The number of anilines is 1. The van der Waals surface area contributed by atoms with E-state index in [-0.39, 0.29) is 5.84 Å². The maximum absolute atomic E-state index is 7.62. The number of nitrogens with zero attached hydrogens (tertiary/aromatic N) is 2. The molecule has 2 heterocycles. The zero-order valence-corrected chi connectivity index (χ0v) is 10.9. The number of ether oxygens (including phenoxy) is 1. The molecule has 0 saturated carbocycles. The molecule has 1 aliphatic heterocycles. The van der Waals surface area contributed by atoms with Crippen molar-refractivity contribution in [1.29, 1.82) is 5.41 Å². The summed E-state index contributed by atoms with van der Waals surface area (Å²) in [4.78, 5) is 6.60.